The molecule has 4 rings (SSSR count). The summed E-state index contributed by atoms with van der Waals surface area (Å²) in [6, 6.07) is 16.6. The van der Waals surface area contributed by atoms with Gasteiger partial charge in [0.25, 0.3) is 15.9 Å². The largest absolute Gasteiger partial charge is 0.467 e. The third kappa shape index (κ3) is 3.96. The molecule has 3 aromatic rings. The fourth-order valence-corrected chi connectivity index (χ4v) is 5.13. The van der Waals surface area contributed by atoms with Crippen LogP contribution < -0.4 is 9.62 Å². The molecule has 0 saturated heterocycles. The third-order valence-electron chi connectivity index (χ3n) is 5.08. The highest BCUT2D eigenvalue weighted by atomic mass is 32.2. The summed E-state index contributed by atoms with van der Waals surface area (Å²) in [5, 5.41) is 12.6. The van der Waals surface area contributed by atoms with Gasteiger partial charge in [-0.25, -0.2) is 8.42 Å². The first-order valence-corrected chi connectivity index (χ1v) is 11.1. The van der Waals surface area contributed by atoms with Crippen LogP contribution in [0.2, 0.25) is 0 Å². The second kappa shape index (κ2) is 8.33. The van der Waals surface area contributed by atoms with E-state index < -0.39 is 22.0 Å². The number of anilines is 1. The predicted octanol–water partition coefficient (Wildman–Crippen LogP) is 2.88. The molecule has 156 valence electrons. The summed E-state index contributed by atoms with van der Waals surface area (Å²) in [7, 11) is -3.81. The number of aryl methyl sites for hydroxylation is 1. The topological polar surface area (TPSA) is 99.8 Å². The molecule has 2 heterocycles. The van der Waals surface area contributed by atoms with Gasteiger partial charge in [-0.3, -0.25) is 9.10 Å². The highest BCUT2D eigenvalue weighted by Crippen LogP contribution is 2.31. The van der Waals surface area contributed by atoms with Gasteiger partial charge in [0.1, 0.15) is 11.9 Å². The molecule has 30 heavy (non-hydrogen) atoms. The van der Waals surface area contributed by atoms with Crippen molar-refractivity contribution >= 4 is 21.6 Å². The van der Waals surface area contributed by atoms with Gasteiger partial charge in [-0.1, -0.05) is 24.3 Å². The number of carbonyl (C=O) groups is 1. The summed E-state index contributed by atoms with van der Waals surface area (Å²) in [4.78, 5) is 12.6. The number of nitrogens with zero attached hydrogens (tertiary/aromatic N) is 1. The van der Waals surface area contributed by atoms with Gasteiger partial charge in [-0.15, -0.1) is 0 Å². The van der Waals surface area contributed by atoms with Crippen LogP contribution in [-0.2, 0) is 16.4 Å². The number of hydrogen-bond acceptors (Lipinski definition) is 5. The van der Waals surface area contributed by atoms with Gasteiger partial charge in [0, 0.05) is 12.1 Å². The lowest BCUT2D eigenvalue weighted by atomic mass is 10.0. The van der Waals surface area contributed by atoms with E-state index in [1.54, 1.807) is 24.3 Å². The van der Waals surface area contributed by atoms with E-state index >= 15 is 0 Å². The Morgan fingerprint density at radius 2 is 1.97 bits per heavy atom. The van der Waals surface area contributed by atoms with Crippen LogP contribution in [0.1, 0.15) is 34.2 Å². The number of carbonyl (C=O) groups excluding carboxylic acids is 1. The molecule has 2 aromatic carbocycles. The molecule has 7 nitrogen and oxygen atoms in total. The third-order valence-corrected chi connectivity index (χ3v) is 6.89. The molecule has 1 aliphatic heterocycles. The number of hydrogen-bond donors (Lipinski definition) is 2. The Morgan fingerprint density at radius 1 is 1.13 bits per heavy atom. The number of benzene rings is 2. The highest BCUT2D eigenvalue weighted by Gasteiger charge is 2.29. The molecular weight excluding hydrogens is 404 g/mol. The minimum absolute atomic E-state index is 0.0528. The van der Waals surface area contributed by atoms with Crippen LogP contribution in [0.3, 0.4) is 0 Å². The molecule has 0 spiro atoms. The maximum atomic E-state index is 13.3. The van der Waals surface area contributed by atoms with E-state index in [0.717, 1.165) is 18.4 Å². The van der Waals surface area contributed by atoms with E-state index in [1.807, 2.05) is 18.2 Å². The number of fused-ring (bicyclic) bond motifs is 1. The van der Waals surface area contributed by atoms with Gasteiger partial charge in [0.05, 0.1) is 23.4 Å². The van der Waals surface area contributed by atoms with E-state index in [9.17, 15) is 18.3 Å². The second-order valence-corrected chi connectivity index (χ2v) is 8.94. The average molecular weight is 426 g/mol. The number of para-hydroxylation sites is 1. The summed E-state index contributed by atoms with van der Waals surface area (Å²) in [5.41, 5.74) is 1.88. The first-order chi connectivity index (χ1) is 14.5. The second-order valence-electron chi connectivity index (χ2n) is 7.08. The first-order valence-electron chi connectivity index (χ1n) is 9.67. The molecule has 1 atom stereocenters. The zero-order valence-corrected chi connectivity index (χ0v) is 17.0. The molecule has 0 bridgehead atoms. The van der Waals surface area contributed by atoms with Crippen molar-refractivity contribution < 1.29 is 22.7 Å². The van der Waals surface area contributed by atoms with Crippen LogP contribution in [-0.4, -0.2) is 32.5 Å². The first kappa shape index (κ1) is 20.2. The van der Waals surface area contributed by atoms with E-state index in [-0.39, 0.29) is 17.0 Å². The summed E-state index contributed by atoms with van der Waals surface area (Å²) in [5.74, 6) is -0.132. The van der Waals surface area contributed by atoms with Crippen molar-refractivity contribution in [2.75, 3.05) is 17.4 Å². The monoisotopic (exact) mass is 426 g/mol. The van der Waals surface area contributed by atoms with E-state index in [0.29, 0.717) is 18.0 Å². The van der Waals surface area contributed by atoms with Crippen LogP contribution >= 0.6 is 0 Å². The number of furan rings is 1. The predicted molar refractivity (Wildman–Crippen MR) is 112 cm³/mol. The maximum absolute atomic E-state index is 13.3. The lowest BCUT2D eigenvalue weighted by Gasteiger charge is -2.30. The van der Waals surface area contributed by atoms with Crippen molar-refractivity contribution in [3.8, 4) is 0 Å². The Balaban J connectivity index is 1.54. The Kier molecular flexibility index (Phi) is 5.61. The van der Waals surface area contributed by atoms with Crippen molar-refractivity contribution in [3.63, 3.8) is 0 Å². The number of aliphatic hydroxyl groups excluding tert-OH is 1. The fraction of sp³-hybridized carbons (Fsp3) is 0.227. The normalized spacial score (nSPS) is 14.8. The molecule has 1 unspecified atom stereocenters. The molecule has 0 radical (unpaired) electrons. The Morgan fingerprint density at radius 3 is 2.77 bits per heavy atom. The van der Waals surface area contributed by atoms with Gasteiger partial charge in [0.15, 0.2) is 0 Å². The number of amides is 1. The number of aliphatic hydroxyl groups is 1. The van der Waals surface area contributed by atoms with Crippen LogP contribution in [0.15, 0.2) is 76.2 Å². The molecule has 1 aliphatic rings. The van der Waals surface area contributed by atoms with Crippen molar-refractivity contribution in [3.05, 3.63) is 83.8 Å². The van der Waals surface area contributed by atoms with Crippen molar-refractivity contribution in [2.45, 2.75) is 23.8 Å². The number of rotatable bonds is 6. The Labute approximate surface area is 175 Å². The smallest absolute Gasteiger partial charge is 0.264 e. The van der Waals surface area contributed by atoms with Gasteiger partial charge in [-0.05, 0) is 54.8 Å². The molecule has 0 fully saturated rings. The summed E-state index contributed by atoms with van der Waals surface area (Å²) in [6.07, 6.45) is 2.03. The van der Waals surface area contributed by atoms with Gasteiger partial charge in [0.2, 0.25) is 0 Å². The zero-order chi connectivity index (χ0) is 21.1. The SMILES string of the molecule is O=C(NCC(O)c1ccco1)c1cccc(S(=O)(=O)N2CCCc3ccccc32)c1. The van der Waals surface area contributed by atoms with Gasteiger partial charge in [-0.2, -0.15) is 0 Å². The molecule has 2 N–H and O–H groups in total. The minimum Gasteiger partial charge on any atom is -0.467 e. The van der Waals surface area contributed by atoms with Gasteiger partial charge < -0.3 is 14.8 Å². The molecule has 1 aromatic heterocycles. The van der Waals surface area contributed by atoms with Crippen LogP contribution in [0.25, 0.3) is 0 Å². The lowest BCUT2D eigenvalue weighted by molar-refractivity contribution is 0.0901. The van der Waals surface area contributed by atoms with E-state index in [1.165, 1.54) is 28.8 Å². The summed E-state index contributed by atoms with van der Waals surface area (Å²) >= 11 is 0. The molecule has 1 amide bonds. The summed E-state index contributed by atoms with van der Waals surface area (Å²) < 4.78 is 33.1. The van der Waals surface area contributed by atoms with Crippen molar-refractivity contribution in [2.24, 2.45) is 0 Å². The Hall–Kier alpha value is -3.10. The van der Waals surface area contributed by atoms with Crippen LogP contribution in [0.5, 0.6) is 0 Å². The fourth-order valence-electron chi connectivity index (χ4n) is 3.55. The zero-order valence-electron chi connectivity index (χ0n) is 16.2. The maximum Gasteiger partial charge on any atom is 0.264 e. The quantitative estimate of drug-likeness (QED) is 0.631. The van der Waals surface area contributed by atoms with Crippen LogP contribution in [0.4, 0.5) is 5.69 Å². The standard InChI is InChI=1S/C22H22N2O5S/c25-20(21-11-5-13-29-21)15-23-22(26)17-7-3-9-18(14-17)30(27,28)24-12-4-8-16-6-1-2-10-19(16)24/h1-3,5-7,9-11,13-14,20,25H,4,8,12,15H2,(H,23,26). The van der Waals surface area contributed by atoms with E-state index in [2.05, 4.69) is 5.32 Å². The highest BCUT2D eigenvalue weighted by molar-refractivity contribution is 7.92. The molecule has 0 saturated carbocycles. The number of sulfonamides is 1. The Bertz CT molecular complexity index is 1140. The average Bonchev–Trinajstić information content (AvgIpc) is 3.32. The lowest BCUT2D eigenvalue weighted by Crippen LogP contribution is -2.35. The van der Waals surface area contributed by atoms with Crippen molar-refractivity contribution in [1.82, 2.24) is 5.32 Å². The van der Waals surface area contributed by atoms with E-state index in [4.69, 9.17) is 4.42 Å². The van der Waals surface area contributed by atoms with Crippen LogP contribution in [0, 0.1) is 0 Å². The van der Waals surface area contributed by atoms with Crippen molar-refractivity contribution in [1.29, 1.82) is 0 Å². The van der Waals surface area contributed by atoms with Gasteiger partial charge >= 0.3 is 0 Å². The molecular formula is C22H22N2O5S. The molecule has 8 heteroatoms. The summed E-state index contributed by atoms with van der Waals surface area (Å²) in [6.45, 7) is 0.341. The minimum atomic E-state index is -3.81. The number of nitrogens with one attached hydrogen (secondary N) is 1. The molecule has 0 aliphatic carbocycles.